The molecule has 1 amide bonds. The molecule has 1 unspecified atom stereocenters. The Balaban J connectivity index is 3.95. The predicted molar refractivity (Wildman–Crippen MR) is 81.9 cm³/mol. The Kier molecular flexibility index (Phi) is 11.7. The van der Waals surface area contributed by atoms with E-state index in [0.717, 1.165) is 44.5 Å². The van der Waals surface area contributed by atoms with E-state index in [-0.39, 0.29) is 0 Å². The lowest BCUT2D eigenvalue weighted by atomic mass is 10.2. The Bertz CT molecular complexity index is 204. The Hall–Kier alpha value is -0.220. The van der Waals surface area contributed by atoms with Crippen LogP contribution in [0, 0.1) is 5.92 Å². The van der Waals surface area contributed by atoms with E-state index in [1.54, 1.807) is 11.8 Å². The minimum Gasteiger partial charge on any atom is -0.342 e. The van der Waals surface area contributed by atoms with Crippen molar-refractivity contribution >= 4 is 17.7 Å². The molecular weight excluding hydrogens is 244 g/mol. The van der Waals surface area contributed by atoms with Gasteiger partial charge in [0, 0.05) is 13.1 Å². The molecule has 0 aliphatic heterocycles. The van der Waals surface area contributed by atoms with E-state index in [4.69, 9.17) is 5.73 Å². The maximum absolute atomic E-state index is 12.1. The molecule has 3 nitrogen and oxygen atoms in total. The molecule has 0 rings (SSSR count). The van der Waals surface area contributed by atoms with Gasteiger partial charge in [0.1, 0.15) is 0 Å². The lowest BCUT2D eigenvalue weighted by molar-refractivity contribution is -0.128. The lowest BCUT2D eigenvalue weighted by Crippen LogP contribution is -2.34. The molecule has 0 saturated heterocycles. The minimum atomic E-state index is 0.297. The standard InChI is InChI=1S/C14H30N2OS/c1-4-6-8-16(9-7-5-2)14(17)12-18-11-13(3)10-15/h13H,4-12,15H2,1-3H3. The highest BCUT2D eigenvalue weighted by Gasteiger charge is 2.12. The third-order valence-electron chi connectivity index (χ3n) is 2.95. The van der Waals surface area contributed by atoms with Crippen LogP contribution in [0.25, 0.3) is 0 Å². The van der Waals surface area contributed by atoms with Crippen LogP contribution in [0.15, 0.2) is 0 Å². The molecule has 0 radical (unpaired) electrons. The number of unbranched alkanes of at least 4 members (excludes halogenated alkanes) is 2. The second-order valence-corrected chi connectivity index (χ2v) is 5.97. The van der Waals surface area contributed by atoms with Crippen LogP contribution in [0.3, 0.4) is 0 Å². The Labute approximate surface area is 117 Å². The molecule has 0 aromatic rings. The number of carbonyl (C=O) groups is 1. The van der Waals surface area contributed by atoms with Crippen LogP contribution in [-0.2, 0) is 4.79 Å². The number of nitrogens with two attached hydrogens (primary N) is 1. The molecule has 0 aliphatic rings. The molecule has 1 atom stereocenters. The van der Waals surface area contributed by atoms with Gasteiger partial charge >= 0.3 is 0 Å². The quantitative estimate of drug-likeness (QED) is 0.630. The van der Waals surface area contributed by atoms with E-state index in [9.17, 15) is 4.79 Å². The van der Waals surface area contributed by atoms with Gasteiger partial charge in [0.05, 0.1) is 5.75 Å². The van der Waals surface area contributed by atoms with Crippen molar-refractivity contribution in [2.45, 2.75) is 46.5 Å². The van der Waals surface area contributed by atoms with E-state index < -0.39 is 0 Å². The average Bonchev–Trinajstić information content (AvgIpc) is 2.38. The van der Waals surface area contributed by atoms with Crippen molar-refractivity contribution in [2.75, 3.05) is 31.1 Å². The predicted octanol–water partition coefficient (Wildman–Crippen LogP) is 2.74. The largest absolute Gasteiger partial charge is 0.342 e. The molecule has 2 N–H and O–H groups in total. The van der Waals surface area contributed by atoms with Crippen LogP contribution in [0.4, 0.5) is 0 Å². The van der Waals surface area contributed by atoms with Crippen LogP contribution in [-0.4, -0.2) is 41.9 Å². The Morgan fingerprint density at radius 3 is 2.22 bits per heavy atom. The summed E-state index contributed by atoms with van der Waals surface area (Å²) < 4.78 is 0. The maximum Gasteiger partial charge on any atom is 0.232 e. The van der Waals surface area contributed by atoms with Gasteiger partial charge in [-0.1, -0.05) is 33.6 Å². The van der Waals surface area contributed by atoms with Crippen molar-refractivity contribution in [2.24, 2.45) is 11.7 Å². The summed E-state index contributed by atoms with van der Waals surface area (Å²) in [6.07, 6.45) is 4.51. The smallest absolute Gasteiger partial charge is 0.232 e. The Morgan fingerprint density at radius 2 is 1.78 bits per heavy atom. The zero-order valence-corrected chi connectivity index (χ0v) is 13.1. The van der Waals surface area contributed by atoms with E-state index in [1.807, 2.05) is 4.90 Å². The van der Waals surface area contributed by atoms with Crippen molar-refractivity contribution in [1.82, 2.24) is 4.90 Å². The van der Waals surface area contributed by atoms with E-state index in [2.05, 4.69) is 20.8 Å². The summed E-state index contributed by atoms with van der Waals surface area (Å²) >= 11 is 1.72. The van der Waals surface area contributed by atoms with Gasteiger partial charge in [0.2, 0.25) is 5.91 Å². The molecule has 0 aromatic heterocycles. The summed E-state index contributed by atoms with van der Waals surface area (Å²) in [6.45, 7) is 9.00. The van der Waals surface area contributed by atoms with E-state index >= 15 is 0 Å². The first-order valence-corrected chi connectivity index (χ1v) is 8.36. The fourth-order valence-corrected chi connectivity index (χ4v) is 2.58. The van der Waals surface area contributed by atoms with E-state index in [0.29, 0.717) is 24.1 Å². The van der Waals surface area contributed by atoms with E-state index in [1.165, 1.54) is 0 Å². The van der Waals surface area contributed by atoms with Gasteiger partial charge in [-0.2, -0.15) is 11.8 Å². The summed E-state index contributed by atoms with van der Waals surface area (Å²) in [5.41, 5.74) is 5.57. The summed E-state index contributed by atoms with van der Waals surface area (Å²) in [4.78, 5) is 14.1. The number of nitrogens with zero attached hydrogens (tertiary/aromatic N) is 1. The molecule has 0 heterocycles. The average molecular weight is 274 g/mol. The SMILES string of the molecule is CCCCN(CCCC)C(=O)CSCC(C)CN. The van der Waals surface area contributed by atoms with Crippen LogP contribution >= 0.6 is 11.8 Å². The summed E-state index contributed by atoms with van der Waals surface area (Å²) in [7, 11) is 0. The van der Waals surface area contributed by atoms with Gasteiger partial charge in [0.25, 0.3) is 0 Å². The molecule has 0 bridgehead atoms. The third-order valence-corrected chi connectivity index (χ3v) is 4.20. The molecule has 0 saturated carbocycles. The van der Waals surface area contributed by atoms with Crippen LogP contribution in [0.1, 0.15) is 46.5 Å². The first-order valence-electron chi connectivity index (χ1n) is 7.21. The van der Waals surface area contributed by atoms with Crippen LogP contribution in [0.5, 0.6) is 0 Å². The first-order chi connectivity index (χ1) is 8.65. The molecule has 18 heavy (non-hydrogen) atoms. The number of carbonyl (C=O) groups excluding carboxylic acids is 1. The topological polar surface area (TPSA) is 46.3 Å². The molecule has 0 spiro atoms. The molecule has 0 aromatic carbocycles. The highest BCUT2D eigenvalue weighted by atomic mass is 32.2. The molecule has 0 aliphatic carbocycles. The minimum absolute atomic E-state index is 0.297. The fraction of sp³-hybridized carbons (Fsp3) is 0.929. The second-order valence-electron chi connectivity index (χ2n) is 4.94. The van der Waals surface area contributed by atoms with Gasteiger partial charge in [0.15, 0.2) is 0 Å². The second kappa shape index (κ2) is 11.8. The summed E-state index contributed by atoms with van der Waals surface area (Å²) in [6, 6.07) is 0. The zero-order chi connectivity index (χ0) is 13.8. The highest BCUT2D eigenvalue weighted by molar-refractivity contribution is 7.99. The normalized spacial score (nSPS) is 12.4. The van der Waals surface area contributed by atoms with Gasteiger partial charge < -0.3 is 10.6 Å². The molecule has 108 valence electrons. The monoisotopic (exact) mass is 274 g/mol. The summed E-state index contributed by atoms with van der Waals surface area (Å²) in [5.74, 6) is 2.39. The number of hydrogen-bond donors (Lipinski definition) is 1. The fourth-order valence-electron chi connectivity index (χ4n) is 1.57. The number of hydrogen-bond acceptors (Lipinski definition) is 3. The lowest BCUT2D eigenvalue weighted by Gasteiger charge is -2.22. The van der Waals surface area contributed by atoms with Crippen molar-refractivity contribution in [3.63, 3.8) is 0 Å². The summed E-state index contributed by atoms with van der Waals surface area (Å²) in [5, 5.41) is 0. The van der Waals surface area contributed by atoms with Crippen LogP contribution < -0.4 is 5.73 Å². The van der Waals surface area contributed by atoms with Crippen molar-refractivity contribution in [3.05, 3.63) is 0 Å². The third kappa shape index (κ3) is 8.81. The molecule has 4 heteroatoms. The van der Waals surface area contributed by atoms with Gasteiger partial charge in [-0.05, 0) is 31.1 Å². The van der Waals surface area contributed by atoms with Crippen molar-refractivity contribution in [3.8, 4) is 0 Å². The number of amides is 1. The van der Waals surface area contributed by atoms with Gasteiger partial charge in [-0.25, -0.2) is 0 Å². The van der Waals surface area contributed by atoms with Crippen LogP contribution in [0.2, 0.25) is 0 Å². The highest BCUT2D eigenvalue weighted by Crippen LogP contribution is 2.09. The maximum atomic E-state index is 12.1. The van der Waals surface area contributed by atoms with Crippen molar-refractivity contribution < 1.29 is 4.79 Å². The number of thioether (sulfide) groups is 1. The Morgan fingerprint density at radius 1 is 1.22 bits per heavy atom. The van der Waals surface area contributed by atoms with Crippen molar-refractivity contribution in [1.29, 1.82) is 0 Å². The first kappa shape index (κ1) is 17.8. The van der Waals surface area contributed by atoms with Gasteiger partial charge in [-0.15, -0.1) is 0 Å². The molecule has 0 fully saturated rings. The molecular formula is C14H30N2OS. The van der Waals surface area contributed by atoms with Gasteiger partial charge in [-0.3, -0.25) is 4.79 Å². The zero-order valence-electron chi connectivity index (χ0n) is 12.3. The number of rotatable bonds is 11.